The Kier molecular flexibility index (Phi) is 6.96. The number of carbonyl (C=O) groups is 1. The smallest absolute Gasteiger partial charge is 1.00 e. The minimum atomic E-state index is -0.621. The van der Waals surface area contributed by atoms with Crippen molar-refractivity contribution in [2.24, 2.45) is 5.73 Å². The summed E-state index contributed by atoms with van der Waals surface area (Å²) >= 11 is 6.16. The molecule has 0 fully saturated rings. The Bertz CT molecular complexity index is 574. The fourth-order valence-electron chi connectivity index (χ4n) is 2.01. The van der Waals surface area contributed by atoms with Gasteiger partial charge >= 0.3 is 18.9 Å². The number of hydrogen-bond acceptors (Lipinski definition) is 2. The van der Waals surface area contributed by atoms with E-state index < -0.39 is 7.92 Å². The maximum absolute atomic E-state index is 11.0. The fourth-order valence-corrected chi connectivity index (χ4v) is 4.28. The van der Waals surface area contributed by atoms with Gasteiger partial charge in [0.1, 0.15) is 0 Å². The summed E-state index contributed by atoms with van der Waals surface area (Å²) in [6, 6.07) is 14.0. The second kappa shape index (κ2) is 7.98. The van der Waals surface area contributed by atoms with Crippen molar-refractivity contribution in [1.82, 2.24) is 0 Å². The van der Waals surface area contributed by atoms with E-state index in [-0.39, 0.29) is 20.3 Å². The molecule has 2 rings (SSSR count). The van der Waals surface area contributed by atoms with Crippen molar-refractivity contribution in [3.8, 4) is 0 Å². The van der Waals surface area contributed by atoms with Gasteiger partial charge in [-0.15, -0.1) is 0 Å². The second-order valence-corrected chi connectivity index (χ2v) is 6.88. The van der Waals surface area contributed by atoms with Crippen LogP contribution < -0.4 is 35.2 Å². The van der Waals surface area contributed by atoms with Crippen LogP contribution in [0.1, 0.15) is 17.3 Å². The van der Waals surface area contributed by atoms with Gasteiger partial charge in [-0.3, -0.25) is 4.79 Å². The fraction of sp³-hybridized carbons (Fsp3) is 0.133. The van der Waals surface area contributed by atoms with Crippen LogP contribution in [0, 0.1) is 6.92 Å². The molecule has 0 aliphatic rings. The third kappa shape index (κ3) is 3.73. The number of benzene rings is 2. The van der Waals surface area contributed by atoms with E-state index in [2.05, 4.69) is 12.1 Å². The van der Waals surface area contributed by atoms with Crippen molar-refractivity contribution >= 4 is 36.4 Å². The van der Waals surface area contributed by atoms with Gasteiger partial charge in [-0.2, -0.15) is 0 Å². The summed E-state index contributed by atoms with van der Waals surface area (Å²) in [5, 5.41) is 2.83. The van der Waals surface area contributed by atoms with Crippen LogP contribution in [0.25, 0.3) is 0 Å². The maximum Gasteiger partial charge on any atom is 1.00 e. The first-order valence-electron chi connectivity index (χ1n) is 5.95. The molecule has 0 saturated heterocycles. The molecule has 0 aromatic heterocycles. The number of nitrogens with two attached hydrogens (primary N) is 1. The Labute approximate surface area is 139 Å². The van der Waals surface area contributed by atoms with Crippen molar-refractivity contribution < 1.29 is 25.1 Å². The molecule has 1 atom stereocenters. The zero-order chi connectivity index (χ0) is 13.8. The van der Waals surface area contributed by atoms with Gasteiger partial charge in [0.25, 0.3) is 0 Å². The zero-order valence-corrected chi connectivity index (χ0v) is 13.3. The Hall–Kier alpha value is -0.613. The molecule has 0 spiro atoms. The average Bonchev–Trinajstić information content (AvgIpc) is 2.40. The van der Waals surface area contributed by atoms with E-state index >= 15 is 0 Å². The molecule has 0 radical (unpaired) electrons. The number of carbonyl (C=O) groups excluding carboxylic acids is 1. The van der Waals surface area contributed by atoms with E-state index in [1.165, 1.54) is 5.30 Å². The standard InChI is InChI=1S/C15H15ClNOP.Li.H/c1-11-7-13(8-15(16)14(11)9-18)19(10-17)12-5-3-2-4-6-12;;/h2-9H,10,17H2,1H3;;/q;+1;-1. The summed E-state index contributed by atoms with van der Waals surface area (Å²) in [6.07, 6.45) is 1.37. The third-order valence-corrected chi connectivity index (χ3v) is 5.48. The van der Waals surface area contributed by atoms with E-state index in [0.29, 0.717) is 16.9 Å². The van der Waals surface area contributed by atoms with E-state index in [0.717, 1.165) is 17.2 Å². The van der Waals surface area contributed by atoms with Crippen molar-refractivity contribution in [3.05, 3.63) is 58.6 Å². The van der Waals surface area contributed by atoms with Gasteiger partial charge in [0.05, 0.1) is 5.02 Å². The monoisotopic (exact) mass is 299 g/mol. The molecule has 20 heavy (non-hydrogen) atoms. The zero-order valence-electron chi connectivity index (χ0n) is 12.6. The summed E-state index contributed by atoms with van der Waals surface area (Å²) in [6.45, 7) is 1.90. The van der Waals surface area contributed by atoms with Crippen LogP contribution in [0.4, 0.5) is 0 Å². The van der Waals surface area contributed by atoms with E-state index in [1.807, 2.05) is 37.3 Å². The predicted molar refractivity (Wildman–Crippen MR) is 84.4 cm³/mol. The molecule has 0 heterocycles. The number of aryl methyl sites for hydroxylation is 1. The average molecular weight is 300 g/mol. The first-order chi connectivity index (χ1) is 9.17. The van der Waals surface area contributed by atoms with Crippen molar-refractivity contribution in [3.63, 3.8) is 0 Å². The van der Waals surface area contributed by atoms with Gasteiger partial charge in [-0.05, 0) is 37.1 Å². The summed E-state index contributed by atoms with van der Waals surface area (Å²) in [7, 11) is -0.621. The molecule has 2 aromatic rings. The minimum Gasteiger partial charge on any atom is -1.00 e. The van der Waals surface area contributed by atoms with Crippen LogP contribution in [0.2, 0.25) is 5.02 Å². The van der Waals surface area contributed by atoms with E-state index in [9.17, 15) is 4.79 Å². The molecular weight excluding hydrogens is 284 g/mol. The number of aldehydes is 1. The van der Waals surface area contributed by atoms with Gasteiger partial charge in [0.2, 0.25) is 0 Å². The van der Waals surface area contributed by atoms with Crippen LogP contribution in [-0.2, 0) is 0 Å². The number of hydrogen-bond donors (Lipinski definition) is 1. The van der Waals surface area contributed by atoms with Crippen LogP contribution in [0.15, 0.2) is 42.5 Å². The maximum atomic E-state index is 11.0. The molecule has 100 valence electrons. The normalized spacial score (nSPS) is 11.6. The van der Waals surface area contributed by atoms with Crippen LogP contribution in [0.5, 0.6) is 0 Å². The van der Waals surface area contributed by atoms with Gasteiger partial charge in [-0.1, -0.05) is 48.0 Å². The first-order valence-corrected chi connectivity index (χ1v) is 7.86. The van der Waals surface area contributed by atoms with Gasteiger partial charge in [-0.25, -0.2) is 0 Å². The number of rotatable bonds is 4. The Morgan fingerprint density at radius 1 is 1.25 bits per heavy atom. The van der Waals surface area contributed by atoms with Gasteiger partial charge < -0.3 is 7.16 Å². The first kappa shape index (κ1) is 17.4. The molecule has 5 heteroatoms. The molecule has 1 unspecified atom stereocenters. The molecule has 0 saturated carbocycles. The Morgan fingerprint density at radius 3 is 2.40 bits per heavy atom. The quantitative estimate of drug-likeness (QED) is 0.488. The Balaban J connectivity index is 0.00000200. The van der Waals surface area contributed by atoms with Crippen LogP contribution in [0.3, 0.4) is 0 Å². The third-order valence-electron chi connectivity index (χ3n) is 3.00. The Morgan fingerprint density at radius 2 is 1.90 bits per heavy atom. The largest absolute Gasteiger partial charge is 1.00 e. The van der Waals surface area contributed by atoms with E-state index in [1.54, 1.807) is 0 Å². The predicted octanol–water partition coefficient (Wildman–Crippen LogP) is -0.0737. The molecule has 2 N–H and O–H groups in total. The molecule has 0 aliphatic heterocycles. The molecular formula is C15H16ClLiNOP. The van der Waals surface area contributed by atoms with Crippen LogP contribution in [-0.4, -0.2) is 12.6 Å². The number of halogens is 1. The topological polar surface area (TPSA) is 43.1 Å². The summed E-state index contributed by atoms with van der Waals surface area (Å²) in [4.78, 5) is 11.0. The van der Waals surface area contributed by atoms with Crippen molar-refractivity contribution in [2.75, 3.05) is 6.29 Å². The molecule has 0 aliphatic carbocycles. The SMILES string of the molecule is Cc1cc(P(CN)c2ccccc2)cc(Cl)c1C=O.[H-].[Li+]. The molecule has 0 amide bonds. The molecule has 2 aromatic carbocycles. The van der Waals surface area contributed by atoms with Crippen molar-refractivity contribution in [1.29, 1.82) is 0 Å². The van der Waals surface area contributed by atoms with Crippen molar-refractivity contribution in [2.45, 2.75) is 6.92 Å². The molecule has 2 nitrogen and oxygen atoms in total. The summed E-state index contributed by atoms with van der Waals surface area (Å²) < 4.78 is 0. The second-order valence-electron chi connectivity index (χ2n) is 4.22. The summed E-state index contributed by atoms with van der Waals surface area (Å²) in [5.74, 6) is 0. The van der Waals surface area contributed by atoms with E-state index in [4.69, 9.17) is 17.3 Å². The van der Waals surface area contributed by atoms with Gasteiger partial charge in [0.15, 0.2) is 6.29 Å². The van der Waals surface area contributed by atoms with Gasteiger partial charge in [0, 0.05) is 11.8 Å². The molecule has 0 bridgehead atoms. The summed E-state index contributed by atoms with van der Waals surface area (Å²) in [5.41, 5.74) is 7.38. The van der Waals surface area contributed by atoms with Crippen LogP contribution >= 0.6 is 19.5 Å². The minimum absolute atomic E-state index is 0.